The van der Waals surface area contributed by atoms with Gasteiger partial charge in [-0.05, 0) is 12.2 Å². The second-order valence-corrected chi connectivity index (χ2v) is 4.87. The Labute approximate surface area is 135 Å². The third-order valence-electron chi connectivity index (χ3n) is 3.41. The van der Waals surface area contributed by atoms with E-state index < -0.39 is 17.5 Å². The summed E-state index contributed by atoms with van der Waals surface area (Å²) in [5, 5.41) is 5.68. The standard InChI is InChI=1S/C19H18N2O2/c1-3-17(22)20-19(21-18(23)4-2,15-11-7-5-8-12-15)16-13-9-6-10-14-16/h3-14H,1-2H2,(H,20,22)(H,21,23). The highest BCUT2D eigenvalue weighted by Crippen LogP contribution is 2.27. The fraction of sp³-hybridized carbons (Fsp3) is 0.0526. The van der Waals surface area contributed by atoms with Gasteiger partial charge in [-0.25, -0.2) is 0 Å². The Bertz CT molecular complexity index is 645. The van der Waals surface area contributed by atoms with Crippen LogP contribution in [0.5, 0.6) is 0 Å². The van der Waals surface area contributed by atoms with Gasteiger partial charge >= 0.3 is 0 Å². The first-order chi connectivity index (χ1) is 11.1. The predicted octanol–water partition coefficient (Wildman–Crippen LogP) is 2.49. The second-order valence-electron chi connectivity index (χ2n) is 4.87. The molecule has 2 N–H and O–H groups in total. The zero-order valence-electron chi connectivity index (χ0n) is 12.7. The first-order valence-corrected chi connectivity index (χ1v) is 7.12. The molecule has 4 heteroatoms. The SMILES string of the molecule is C=CC(=O)NC(NC(=O)C=C)(c1ccccc1)c1ccccc1. The Morgan fingerprint density at radius 2 is 1.09 bits per heavy atom. The number of hydrogen-bond acceptors (Lipinski definition) is 2. The first-order valence-electron chi connectivity index (χ1n) is 7.12. The van der Waals surface area contributed by atoms with Crippen molar-refractivity contribution in [3.63, 3.8) is 0 Å². The van der Waals surface area contributed by atoms with Crippen LogP contribution >= 0.6 is 0 Å². The lowest BCUT2D eigenvalue weighted by Crippen LogP contribution is -2.58. The van der Waals surface area contributed by atoms with E-state index in [9.17, 15) is 9.59 Å². The molecule has 4 nitrogen and oxygen atoms in total. The predicted molar refractivity (Wildman–Crippen MR) is 90.3 cm³/mol. The Balaban J connectivity index is 2.66. The van der Waals surface area contributed by atoms with Crippen molar-refractivity contribution in [1.29, 1.82) is 0 Å². The average Bonchev–Trinajstić information content (AvgIpc) is 2.62. The molecule has 116 valence electrons. The largest absolute Gasteiger partial charge is 0.322 e. The van der Waals surface area contributed by atoms with Crippen LogP contribution in [0, 0.1) is 0 Å². The number of carbonyl (C=O) groups excluding carboxylic acids is 2. The highest BCUT2D eigenvalue weighted by Gasteiger charge is 2.36. The molecule has 0 saturated carbocycles. The van der Waals surface area contributed by atoms with Gasteiger partial charge in [0.1, 0.15) is 0 Å². The van der Waals surface area contributed by atoms with Crippen LogP contribution in [0.4, 0.5) is 0 Å². The van der Waals surface area contributed by atoms with Crippen LogP contribution in [0.1, 0.15) is 11.1 Å². The monoisotopic (exact) mass is 306 g/mol. The molecule has 0 fully saturated rings. The zero-order chi connectivity index (χ0) is 16.7. The van der Waals surface area contributed by atoms with Gasteiger partial charge in [-0.2, -0.15) is 0 Å². The Morgan fingerprint density at radius 1 is 0.739 bits per heavy atom. The molecule has 0 heterocycles. The quantitative estimate of drug-likeness (QED) is 0.636. The summed E-state index contributed by atoms with van der Waals surface area (Å²) in [6.45, 7) is 6.97. The normalized spacial score (nSPS) is 10.4. The Morgan fingerprint density at radius 3 is 1.39 bits per heavy atom. The molecular weight excluding hydrogens is 288 g/mol. The number of nitrogens with one attached hydrogen (secondary N) is 2. The molecule has 0 spiro atoms. The minimum atomic E-state index is -1.21. The van der Waals surface area contributed by atoms with Gasteiger partial charge in [0.15, 0.2) is 5.66 Å². The molecule has 2 amide bonds. The maximum atomic E-state index is 12.0. The molecule has 0 saturated heterocycles. The van der Waals surface area contributed by atoms with E-state index in [2.05, 4.69) is 23.8 Å². The molecule has 0 radical (unpaired) electrons. The van der Waals surface area contributed by atoms with Gasteiger partial charge in [0.05, 0.1) is 0 Å². The minimum absolute atomic E-state index is 0.401. The average molecular weight is 306 g/mol. The van der Waals surface area contributed by atoms with Crippen molar-refractivity contribution in [3.05, 3.63) is 97.1 Å². The lowest BCUT2D eigenvalue weighted by molar-refractivity contribution is -0.121. The molecule has 0 unspecified atom stereocenters. The van der Waals surface area contributed by atoms with E-state index >= 15 is 0 Å². The summed E-state index contributed by atoms with van der Waals surface area (Å²) in [5.74, 6) is -0.802. The lowest BCUT2D eigenvalue weighted by atomic mass is 9.90. The molecule has 0 aliphatic carbocycles. The molecule has 2 aromatic carbocycles. The molecule has 0 bridgehead atoms. The molecule has 2 rings (SSSR count). The maximum absolute atomic E-state index is 12.0. The number of hydrogen-bond donors (Lipinski definition) is 2. The smallest absolute Gasteiger partial charge is 0.245 e. The molecule has 0 aliphatic heterocycles. The van der Waals surface area contributed by atoms with Gasteiger partial charge < -0.3 is 10.6 Å². The van der Waals surface area contributed by atoms with Crippen molar-refractivity contribution >= 4 is 11.8 Å². The van der Waals surface area contributed by atoms with Crippen LogP contribution in [0.3, 0.4) is 0 Å². The summed E-state index contributed by atoms with van der Waals surface area (Å²) >= 11 is 0. The third-order valence-corrected chi connectivity index (χ3v) is 3.41. The fourth-order valence-corrected chi connectivity index (χ4v) is 2.33. The van der Waals surface area contributed by atoms with Crippen molar-refractivity contribution in [2.75, 3.05) is 0 Å². The Kier molecular flexibility index (Phi) is 5.10. The summed E-state index contributed by atoms with van der Waals surface area (Å²) in [6.07, 6.45) is 2.33. The number of rotatable bonds is 6. The molecule has 23 heavy (non-hydrogen) atoms. The zero-order valence-corrected chi connectivity index (χ0v) is 12.7. The van der Waals surface area contributed by atoms with E-state index in [1.807, 2.05) is 60.7 Å². The van der Waals surface area contributed by atoms with Crippen LogP contribution < -0.4 is 10.6 Å². The Hall–Kier alpha value is -3.14. The van der Waals surface area contributed by atoms with Crippen molar-refractivity contribution in [1.82, 2.24) is 10.6 Å². The van der Waals surface area contributed by atoms with Crippen molar-refractivity contribution in [2.45, 2.75) is 5.66 Å². The highest BCUT2D eigenvalue weighted by molar-refractivity contribution is 5.91. The number of carbonyl (C=O) groups is 2. The maximum Gasteiger partial charge on any atom is 0.245 e. The summed E-state index contributed by atoms with van der Waals surface area (Å²) in [6, 6.07) is 18.4. The number of amides is 2. The van der Waals surface area contributed by atoms with Crippen LogP contribution in [0.2, 0.25) is 0 Å². The summed E-state index contributed by atoms with van der Waals surface area (Å²) in [4.78, 5) is 24.1. The molecule has 0 atom stereocenters. The molecular formula is C19H18N2O2. The molecule has 0 aliphatic rings. The third kappa shape index (κ3) is 3.55. The fourth-order valence-electron chi connectivity index (χ4n) is 2.33. The highest BCUT2D eigenvalue weighted by atomic mass is 16.2. The van der Waals surface area contributed by atoms with Gasteiger partial charge in [0, 0.05) is 11.1 Å². The van der Waals surface area contributed by atoms with Crippen molar-refractivity contribution in [2.24, 2.45) is 0 Å². The summed E-state index contributed by atoms with van der Waals surface area (Å²) in [7, 11) is 0. The summed E-state index contributed by atoms with van der Waals surface area (Å²) in [5.41, 5.74) is 0.229. The first kappa shape index (κ1) is 16.2. The van der Waals surface area contributed by atoms with E-state index in [4.69, 9.17) is 0 Å². The van der Waals surface area contributed by atoms with Crippen molar-refractivity contribution < 1.29 is 9.59 Å². The van der Waals surface area contributed by atoms with E-state index in [0.717, 1.165) is 11.1 Å². The van der Waals surface area contributed by atoms with E-state index in [-0.39, 0.29) is 0 Å². The van der Waals surface area contributed by atoms with Crippen LogP contribution in [0.15, 0.2) is 86.0 Å². The summed E-state index contributed by atoms with van der Waals surface area (Å²) < 4.78 is 0. The van der Waals surface area contributed by atoms with E-state index in [1.54, 1.807) is 0 Å². The van der Waals surface area contributed by atoms with Crippen LogP contribution in [-0.2, 0) is 15.3 Å². The lowest BCUT2D eigenvalue weighted by Gasteiger charge is -2.36. The van der Waals surface area contributed by atoms with Gasteiger partial charge in [0.25, 0.3) is 0 Å². The van der Waals surface area contributed by atoms with Crippen LogP contribution in [0.25, 0.3) is 0 Å². The van der Waals surface area contributed by atoms with E-state index in [0.29, 0.717) is 0 Å². The van der Waals surface area contributed by atoms with Crippen LogP contribution in [-0.4, -0.2) is 11.8 Å². The van der Waals surface area contributed by atoms with Crippen molar-refractivity contribution in [3.8, 4) is 0 Å². The molecule has 0 aromatic heterocycles. The van der Waals surface area contributed by atoms with Gasteiger partial charge in [-0.3, -0.25) is 9.59 Å². The van der Waals surface area contributed by atoms with Gasteiger partial charge in [-0.1, -0.05) is 73.8 Å². The number of benzene rings is 2. The topological polar surface area (TPSA) is 58.2 Å². The van der Waals surface area contributed by atoms with Gasteiger partial charge in [0.2, 0.25) is 11.8 Å². The second kappa shape index (κ2) is 7.22. The van der Waals surface area contributed by atoms with E-state index in [1.165, 1.54) is 12.2 Å². The van der Waals surface area contributed by atoms with Gasteiger partial charge in [-0.15, -0.1) is 0 Å². The molecule has 2 aromatic rings. The minimum Gasteiger partial charge on any atom is -0.322 e.